The molecule has 0 aliphatic heterocycles. The first kappa shape index (κ1) is 17.4. The molecule has 1 saturated carbocycles. The molecule has 5 nitrogen and oxygen atoms in total. The van der Waals surface area contributed by atoms with Gasteiger partial charge in [0.2, 0.25) is 0 Å². The summed E-state index contributed by atoms with van der Waals surface area (Å²) in [5.74, 6) is 0.829. The summed E-state index contributed by atoms with van der Waals surface area (Å²) in [7, 11) is 0. The van der Waals surface area contributed by atoms with Crippen molar-refractivity contribution in [2.75, 3.05) is 5.32 Å². The molecule has 142 valence electrons. The van der Waals surface area contributed by atoms with Crippen molar-refractivity contribution in [2.24, 2.45) is 0 Å². The molecule has 1 heterocycles. The van der Waals surface area contributed by atoms with Gasteiger partial charge in [0, 0.05) is 12.0 Å². The van der Waals surface area contributed by atoms with E-state index in [0.717, 1.165) is 28.6 Å². The normalized spacial score (nSPS) is 17.7. The highest BCUT2D eigenvalue weighted by atomic mass is 16.2. The van der Waals surface area contributed by atoms with Gasteiger partial charge in [-0.05, 0) is 35.2 Å². The third kappa shape index (κ3) is 3.80. The molecular formula is C24H20N4O. The van der Waals surface area contributed by atoms with Crippen LogP contribution < -0.4 is 10.6 Å². The van der Waals surface area contributed by atoms with E-state index in [4.69, 9.17) is 0 Å². The first-order chi connectivity index (χ1) is 14.3. The third-order valence-corrected chi connectivity index (χ3v) is 5.23. The van der Waals surface area contributed by atoms with Gasteiger partial charge < -0.3 is 5.32 Å². The molecule has 5 heteroatoms. The average molecular weight is 380 g/mol. The fourth-order valence-electron chi connectivity index (χ4n) is 3.63. The van der Waals surface area contributed by atoms with Crippen molar-refractivity contribution in [3.05, 3.63) is 90.6 Å². The molecule has 2 N–H and O–H groups in total. The van der Waals surface area contributed by atoms with Gasteiger partial charge in [-0.3, -0.25) is 10.3 Å². The monoisotopic (exact) mass is 380 g/mol. The highest BCUT2D eigenvalue weighted by Gasteiger charge is 2.39. The number of benzene rings is 3. The minimum Gasteiger partial charge on any atom is -0.334 e. The smallest absolute Gasteiger partial charge is 0.320 e. The van der Waals surface area contributed by atoms with E-state index in [1.807, 2.05) is 54.6 Å². The van der Waals surface area contributed by atoms with Crippen LogP contribution in [0.3, 0.4) is 0 Å². The molecule has 3 aromatic carbocycles. The Morgan fingerprint density at radius 1 is 0.862 bits per heavy atom. The average Bonchev–Trinajstić information content (AvgIpc) is 3.53. The molecule has 1 fully saturated rings. The highest BCUT2D eigenvalue weighted by Crippen LogP contribution is 2.40. The molecule has 5 rings (SSSR count). The molecule has 0 bridgehead atoms. The fraction of sp³-hybridized carbons (Fsp3) is 0.125. The van der Waals surface area contributed by atoms with Gasteiger partial charge >= 0.3 is 6.03 Å². The number of nitrogens with one attached hydrogen (secondary N) is 2. The minimum atomic E-state index is -0.249. The van der Waals surface area contributed by atoms with Crippen LogP contribution in [-0.4, -0.2) is 22.0 Å². The Labute approximate surface area is 168 Å². The molecule has 4 aromatic rings. The number of rotatable bonds is 4. The van der Waals surface area contributed by atoms with Crippen LogP contribution in [0.15, 0.2) is 85.1 Å². The molecular weight excluding hydrogens is 360 g/mol. The molecule has 2 atom stereocenters. The van der Waals surface area contributed by atoms with Crippen LogP contribution in [0, 0.1) is 0 Å². The first-order valence-electron chi connectivity index (χ1n) is 9.71. The number of carbonyl (C=O) groups is 1. The van der Waals surface area contributed by atoms with E-state index in [-0.39, 0.29) is 12.1 Å². The van der Waals surface area contributed by atoms with Crippen LogP contribution in [0.4, 0.5) is 10.6 Å². The number of anilines is 1. The summed E-state index contributed by atoms with van der Waals surface area (Å²) < 4.78 is 0. The fourth-order valence-corrected chi connectivity index (χ4v) is 3.63. The molecule has 2 amide bonds. The van der Waals surface area contributed by atoms with Crippen LogP contribution in [0.2, 0.25) is 0 Å². The van der Waals surface area contributed by atoms with Gasteiger partial charge in [0.15, 0.2) is 5.82 Å². The highest BCUT2D eigenvalue weighted by molar-refractivity contribution is 5.90. The van der Waals surface area contributed by atoms with Crippen molar-refractivity contribution in [3.63, 3.8) is 0 Å². The zero-order valence-corrected chi connectivity index (χ0v) is 15.7. The maximum atomic E-state index is 12.4. The van der Waals surface area contributed by atoms with Gasteiger partial charge in [0.05, 0.1) is 17.2 Å². The molecule has 0 spiro atoms. The predicted octanol–water partition coefficient (Wildman–Crippen LogP) is 4.97. The van der Waals surface area contributed by atoms with Gasteiger partial charge in [-0.15, -0.1) is 0 Å². The molecule has 0 saturated heterocycles. The van der Waals surface area contributed by atoms with E-state index in [9.17, 15) is 4.79 Å². The van der Waals surface area contributed by atoms with Crippen LogP contribution in [-0.2, 0) is 0 Å². The van der Waals surface area contributed by atoms with E-state index in [0.29, 0.717) is 11.7 Å². The predicted molar refractivity (Wildman–Crippen MR) is 115 cm³/mol. The Morgan fingerprint density at radius 2 is 1.62 bits per heavy atom. The van der Waals surface area contributed by atoms with Crippen LogP contribution >= 0.6 is 0 Å². The van der Waals surface area contributed by atoms with Crippen LogP contribution in [0.5, 0.6) is 0 Å². The summed E-state index contributed by atoms with van der Waals surface area (Å²) in [5.41, 5.74) is 4.99. The number of nitrogens with zero attached hydrogens (tertiary/aromatic N) is 2. The second-order valence-corrected chi connectivity index (χ2v) is 7.28. The van der Waals surface area contributed by atoms with Crippen molar-refractivity contribution < 1.29 is 4.79 Å². The quantitative estimate of drug-likeness (QED) is 0.525. The van der Waals surface area contributed by atoms with E-state index >= 15 is 0 Å². The standard InChI is InChI=1S/C24H20N4O/c29-24(27-21-14-19(21)17-9-5-2-6-10-17)28-23-15-25-20-12-11-18(13-22(20)26-23)16-7-3-1-4-8-16/h1-13,15,19,21H,14H2,(H2,26,27,28,29). The number of amides is 2. The zero-order valence-electron chi connectivity index (χ0n) is 15.7. The van der Waals surface area contributed by atoms with Crippen LogP contribution in [0.1, 0.15) is 17.9 Å². The summed E-state index contributed by atoms with van der Waals surface area (Å²) >= 11 is 0. The van der Waals surface area contributed by atoms with Gasteiger partial charge in [0.1, 0.15) is 0 Å². The van der Waals surface area contributed by atoms with Gasteiger partial charge in [-0.1, -0.05) is 66.7 Å². The van der Waals surface area contributed by atoms with Crippen molar-refractivity contribution >= 4 is 22.9 Å². The van der Waals surface area contributed by atoms with Crippen molar-refractivity contribution in [3.8, 4) is 11.1 Å². The minimum absolute atomic E-state index is 0.162. The number of hydrogen-bond acceptors (Lipinski definition) is 3. The lowest BCUT2D eigenvalue weighted by Crippen LogP contribution is -2.31. The topological polar surface area (TPSA) is 66.9 Å². The summed E-state index contributed by atoms with van der Waals surface area (Å²) in [6.07, 6.45) is 2.55. The van der Waals surface area contributed by atoms with E-state index in [1.165, 1.54) is 5.56 Å². The number of aromatic nitrogens is 2. The van der Waals surface area contributed by atoms with Crippen LogP contribution in [0.25, 0.3) is 22.2 Å². The zero-order chi connectivity index (χ0) is 19.6. The number of carbonyl (C=O) groups excluding carboxylic acids is 1. The second kappa shape index (κ2) is 7.36. The SMILES string of the molecule is O=C(Nc1cnc2ccc(-c3ccccc3)cc2n1)NC1CC1c1ccccc1. The summed E-state index contributed by atoms with van der Waals surface area (Å²) in [6, 6.07) is 26.3. The van der Waals surface area contributed by atoms with Gasteiger partial charge in [0.25, 0.3) is 0 Å². The van der Waals surface area contributed by atoms with Crippen molar-refractivity contribution in [1.29, 1.82) is 0 Å². The Hall–Kier alpha value is -3.73. The summed E-state index contributed by atoms with van der Waals surface area (Å²) in [6.45, 7) is 0. The molecule has 2 unspecified atom stereocenters. The molecule has 29 heavy (non-hydrogen) atoms. The molecule has 1 aromatic heterocycles. The second-order valence-electron chi connectivity index (χ2n) is 7.28. The Bertz CT molecular complexity index is 1160. The maximum absolute atomic E-state index is 12.4. The Balaban J connectivity index is 1.28. The molecule has 1 aliphatic carbocycles. The van der Waals surface area contributed by atoms with Gasteiger partial charge in [-0.25, -0.2) is 9.78 Å². The number of fused-ring (bicyclic) bond motifs is 1. The summed E-state index contributed by atoms with van der Waals surface area (Å²) in [4.78, 5) is 21.4. The van der Waals surface area contributed by atoms with Crippen molar-refractivity contribution in [1.82, 2.24) is 15.3 Å². The Kier molecular flexibility index (Phi) is 4.41. The lowest BCUT2D eigenvalue weighted by atomic mass is 10.1. The lowest BCUT2D eigenvalue weighted by molar-refractivity contribution is 0.251. The Morgan fingerprint density at radius 3 is 2.41 bits per heavy atom. The number of hydrogen-bond donors (Lipinski definition) is 2. The van der Waals surface area contributed by atoms with E-state index in [2.05, 4.69) is 44.9 Å². The largest absolute Gasteiger partial charge is 0.334 e. The number of urea groups is 1. The first-order valence-corrected chi connectivity index (χ1v) is 9.71. The maximum Gasteiger partial charge on any atom is 0.320 e. The van der Waals surface area contributed by atoms with Gasteiger partial charge in [-0.2, -0.15) is 0 Å². The molecule has 1 aliphatic rings. The van der Waals surface area contributed by atoms with E-state index < -0.39 is 0 Å². The van der Waals surface area contributed by atoms with E-state index in [1.54, 1.807) is 6.20 Å². The summed E-state index contributed by atoms with van der Waals surface area (Å²) in [5, 5.41) is 5.83. The van der Waals surface area contributed by atoms with Crippen molar-refractivity contribution in [2.45, 2.75) is 18.4 Å². The lowest BCUT2D eigenvalue weighted by Gasteiger charge is -2.08. The molecule has 0 radical (unpaired) electrons. The third-order valence-electron chi connectivity index (χ3n) is 5.23.